The molecule has 21 heavy (non-hydrogen) atoms. The first-order chi connectivity index (χ1) is 10.2. The van der Waals surface area contributed by atoms with Gasteiger partial charge in [-0.3, -0.25) is 9.79 Å². The van der Waals surface area contributed by atoms with Gasteiger partial charge in [0, 0.05) is 23.5 Å². The highest BCUT2D eigenvalue weighted by atomic mass is 16.5. The Morgan fingerprint density at radius 1 is 1.48 bits per heavy atom. The maximum absolute atomic E-state index is 11.3. The number of aliphatic hydroxyl groups excluding tert-OH is 1. The Balaban J connectivity index is 2.08. The van der Waals surface area contributed by atoms with Crippen LogP contribution < -0.4 is 5.73 Å². The summed E-state index contributed by atoms with van der Waals surface area (Å²) in [4.78, 5) is 20.0. The zero-order valence-corrected chi connectivity index (χ0v) is 11.3. The number of nitrogens with zero attached hydrogens (tertiary/aromatic N) is 2. The lowest BCUT2D eigenvalue weighted by atomic mass is 9.85. The number of primary amides is 1. The van der Waals surface area contributed by atoms with E-state index in [1.807, 2.05) is 12.3 Å². The van der Waals surface area contributed by atoms with Gasteiger partial charge in [-0.25, -0.2) is 4.99 Å². The second kappa shape index (κ2) is 5.49. The SMILES string of the molecule is NC(=O)c1ccc2c(c1)N=C(OCCO)C1CC=NC=C21. The van der Waals surface area contributed by atoms with Crippen molar-refractivity contribution in [2.75, 3.05) is 13.2 Å². The molecule has 1 unspecified atom stereocenters. The van der Waals surface area contributed by atoms with Crippen LogP contribution in [0.5, 0.6) is 0 Å². The molecule has 1 atom stereocenters. The zero-order chi connectivity index (χ0) is 14.8. The number of carbonyl (C=O) groups excluding carboxylic acids is 1. The summed E-state index contributed by atoms with van der Waals surface area (Å²) in [6.07, 6.45) is 4.30. The van der Waals surface area contributed by atoms with Gasteiger partial charge in [-0.05, 0) is 24.1 Å². The van der Waals surface area contributed by atoms with Crippen LogP contribution in [0.4, 0.5) is 5.69 Å². The molecule has 0 saturated heterocycles. The molecule has 0 aromatic heterocycles. The van der Waals surface area contributed by atoms with E-state index in [1.165, 1.54) is 0 Å². The molecule has 2 heterocycles. The molecule has 1 amide bonds. The second-order valence-electron chi connectivity index (χ2n) is 4.82. The van der Waals surface area contributed by atoms with Gasteiger partial charge in [-0.1, -0.05) is 6.07 Å². The second-order valence-corrected chi connectivity index (χ2v) is 4.82. The van der Waals surface area contributed by atoms with Crippen molar-refractivity contribution in [3.63, 3.8) is 0 Å². The summed E-state index contributed by atoms with van der Waals surface area (Å²) in [6.45, 7) is 0.109. The lowest BCUT2D eigenvalue weighted by Crippen LogP contribution is -2.25. The molecule has 0 spiro atoms. The Kier molecular flexibility index (Phi) is 3.53. The number of hydrogen-bond acceptors (Lipinski definition) is 5. The van der Waals surface area contributed by atoms with E-state index in [9.17, 15) is 4.79 Å². The molecule has 2 aliphatic heterocycles. The van der Waals surface area contributed by atoms with Crippen LogP contribution in [0.3, 0.4) is 0 Å². The molecule has 0 bridgehead atoms. The fourth-order valence-electron chi connectivity index (χ4n) is 2.51. The average molecular weight is 285 g/mol. The van der Waals surface area contributed by atoms with E-state index in [2.05, 4.69) is 9.98 Å². The third-order valence-corrected chi connectivity index (χ3v) is 3.50. The molecule has 0 fully saturated rings. The van der Waals surface area contributed by atoms with E-state index in [1.54, 1.807) is 18.3 Å². The van der Waals surface area contributed by atoms with Crippen molar-refractivity contribution in [2.45, 2.75) is 6.42 Å². The first-order valence-electron chi connectivity index (χ1n) is 6.69. The van der Waals surface area contributed by atoms with Gasteiger partial charge in [0.25, 0.3) is 0 Å². The predicted molar refractivity (Wildman–Crippen MR) is 79.7 cm³/mol. The van der Waals surface area contributed by atoms with E-state index in [0.717, 1.165) is 11.1 Å². The number of ether oxygens (including phenoxy) is 1. The zero-order valence-electron chi connectivity index (χ0n) is 11.3. The molecule has 1 aromatic carbocycles. The minimum Gasteiger partial charge on any atom is -0.478 e. The Morgan fingerprint density at radius 3 is 3.10 bits per heavy atom. The highest BCUT2D eigenvalue weighted by Gasteiger charge is 2.30. The molecular formula is C15H15N3O3. The maximum Gasteiger partial charge on any atom is 0.248 e. The number of rotatable bonds is 3. The van der Waals surface area contributed by atoms with Crippen molar-refractivity contribution < 1.29 is 14.6 Å². The van der Waals surface area contributed by atoms with Gasteiger partial charge in [0.1, 0.15) is 6.61 Å². The Bertz CT molecular complexity index is 677. The van der Waals surface area contributed by atoms with Crippen LogP contribution in [0, 0.1) is 5.92 Å². The lowest BCUT2D eigenvalue weighted by molar-refractivity contribution is 0.100. The van der Waals surface area contributed by atoms with Crippen LogP contribution in [0.2, 0.25) is 0 Å². The van der Waals surface area contributed by atoms with Gasteiger partial charge < -0.3 is 15.6 Å². The van der Waals surface area contributed by atoms with Gasteiger partial charge in [0.15, 0.2) is 5.90 Å². The largest absolute Gasteiger partial charge is 0.478 e. The lowest BCUT2D eigenvalue weighted by Gasteiger charge is -2.28. The number of amides is 1. The number of carbonyl (C=O) groups is 1. The molecular weight excluding hydrogens is 270 g/mol. The predicted octanol–water partition coefficient (Wildman–Crippen LogP) is 1.27. The Labute approximate surface area is 121 Å². The van der Waals surface area contributed by atoms with E-state index in [-0.39, 0.29) is 19.1 Å². The molecule has 108 valence electrons. The number of aliphatic hydroxyl groups is 1. The number of aliphatic imine (C=N–C) groups is 2. The summed E-state index contributed by atoms with van der Waals surface area (Å²) in [7, 11) is 0. The minimum atomic E-state index is -0.497. The highest BCUT2D eigenvalue weighted by molar-refractivity contribution is 6.03. The fourth-order valence-corrected chi connectivity index (χ4v) is 2.51. The quantitative estimate of drug-likeness (QED) is 0.875. The average Bonchev–Trinajstić information content (AvgIpc) is 2.52. The van der Waals surface area contributed by atoms with E-state index in [4.69, 9.17) is 15.6 Å². The summed E-state index contributed by atoms with van der Waals surface area (Å²) in [5, 5.41) is 8.92. The van der Waals surface area contributed by atoms with Gasteiger partial charge >= 0.3 is 0 Å². The number of fused-ring (bicyclic) bond motifs is 3. The monoisotopic (exact) mass is 285 g/mol. The summed E-state index contributed by atoms with van der Waals surface area (Å²) >= 11 is 0. The third kappa shape index (κ3) is 2.45. The van der Waals surface area contributed by atoms with Gasteiger partial charge in [-0.2, -0.15) is 0 Å². The molecule has 6 heteroatoms. The summed E-state index contributed by atoms with van der Waals surface area (Å²) in [6, 6.07) is 5.17. The molecule has 3 rings (SSSR count). The van der Waals surface area contributed by atoms with E-state index in [0.29, 0.717) is 23.6 Å². The molecule has 0 aliphatic carbocycles. The van der Waals surface area contributed by atoms with Crippen LogP contribution in [0.1, 0.15) is 22.3 Å². The minimum absolute atomic E-state index is 0.000906. The summed E-state index contributed by atoms with van der Waals surface area (Å²) < 4.78 is 5.54. The maximum atomic E-state index is 11.3. The molecule has 1 aromatic rings. The van der Waals surface area contributed by atoms with E-state index >= 15 is 0 Å². The molecule has 0 saturated carbocycles. The first-order valence-corrected chi connectivity index (χ1v) is 6.69. The van der Waals surface area contributed by atoms with E-state index < -0.39 is 5.91 Å². The van der Waals surface area contributed by atoms with Crippen LogP contribution in [0.15, 0.2) is 34.4 Å². The van der Waals surface area contributed by atoms with Crippen molar-refractivity contribution in [1.82, 2.24) is 0 Å². The third-order valence-electron chi connectivity index (χ3n) is 3.50. The fraction of sp³-hybridized carbons (Fsp3) is 0.267. The van der Waals surface area contributed by atoms with Crippen LogP contribution in [-0.4, -0.2) is 36.3 Å². The number of nitrogens with two attached hydrogens (primary N) is 1. The van der Waals surface area contributed by atoms with Gasteiger partial charge in [0.05, 0.1) is 18.2 Å². The van der Waals surface area contributed by atoms with Crippen molar-refractivity contribution in [3.05, 3.63) is 35.5 Å². The summed E-state index contributed by atoms with van der Waals surface area (Å²) in [5.74, 6) is 0.0418. The Hall–Kier alpha value is -2.47. The highest BCUT2D eigenvalue weighted by Crippen LogP contribution is 2.40. The van der Waals surface area contributed by atoms with Crippen LogP contribution in [0.25, 0.3) is 5.57 Å². The van der Waals surface area contributed by atoms with Crippen LogP contribution >= 0.6 is 0 Å². The van der Waals surface area contributed by atoms with Gasteiger partial charge in [0.2, 0.25) is 5.91 Å². The standard InChI is InChI=1S/C15H15N3O3/c16-14(20)9-1-2-10-12-8-17-4-3-11(12)15(21-6-5-19)18-13(10)7-9/h1-2,4,7-8,11,19H,3,5-6H2,(H2,16,20). The molecule has 6 nitrogen and oxygen atoms in total. The molecule has 0 radical (unpaired) electrons. The van der Waals surface area contributed by atoms with Gasteiger partial charge in [-0.15, -0.1) is 0 Å². The van der Waals surface area contributed by atoms with Crippen molar-refractivity contribution in [3.8, 4) is 0 Å². The topological polar surface area (TPSA) is 97.3 Å². The van der Waals surface area contributed by atoms with Crippen LogP contribution in [-0.2, 0) is 4.74 Å². The van der Waals surface area contributed by atoms with Crippen molar-refractivity contribution in [2.24, 2.45) is 21.6 Å². The van der Waals surface area contributed by atoms with Crippen molar-refractivity contribution >= 4 is 29.3 Å². The van der Waals surface area contributed by atoms with Crippen molar-refractivity contribution in [1.29, 1.82) is 0 Å². The normalized spacial score (nSPS) is 19.2. The number of benzene rings is 1. The Morgan fingerprint density at radius 2 is 2.33 bits per heavy atom. The molecule has 2 aliphatic rings. The first kappa shape index (κ1) is 13.5. The summed E-state index contributed by atoms with van der Waals surface area (Å²) in [5.41, 5.74) is 8.28. The molecule has 3 N–H and O–H groups in total. The smallest absolute Gasteiger partial charge is 0.248 e. The number of hydrogen-bond donors (Lipinski definition) is 2.